The number of rotatable bonds is 6. The van der Waals surface area contributed by atoms with Gasteiger partial charge < -0.3 is 15.0 Å². The zero-order valence-corrected chi connectivity index (χ0v) is 20.6. The van der Waals surface area contributed by atoms with Crippen LogP contribution >= 0.6 is 0 Å². The van der Waals surface area contributed by atoms with Gasteiger partial charge in [0.25, 0.3) is 11.8 Å². The van der Waals surface area contributed by atoms with Gasteiger partial charge in [0.2, 0.25) is 0 Å². The molecule has 3 heterocycles. The van der Waals surface area contributed by atoms with Gasteiger partial charge in [0, 0.05) is 27.5 Å². The molecule has 0 saturated carbocycles. The highest BCUT2D eigenvalue weighted by molar-refractivity contribution is 6.16. The summed E-state index contributed by atoms with van der Waals surface area (Å²) in [6, 6.07) is 25.8. The molecule has 5 aromatic rings. The summed E-state index contributed by atoms with van der Waals surface area (Å²) in [5, 5.41) is 4.70. The normalized spacial score (nSPS) is 16.6. The number of aromatic amines is 1. The molecule has 0 bridgehead atoms. The predicted octanol–water partition coefficient (Wildman–Crippen LogP) is 4.97. The maximum Gasteiger partial charge on any atom is 0.309 e. The number of carbonyl (C=O) groups excluding carboxylic acids is 3. The van der Waals surface area contributed by atoms with Crippen molar-refractivity contribution in [2.45, 2.75) is 18.9 Å². The van der Waals surface area contributed by atoms with E-state index in [0.29, 0.717) is 16.9 Å². The number of benzene rings is 3. The smallest absolute Gasteiger partial charge is 0.309 e. The number of anilines is 2. The zero-order chi connectivity index (χ0) is 26.3. The van der Waals surface area contributed by atoms with Crippen molar-refractivity contribution >= 4 is 51.0 Å². The third kappa shape index (κ3) is 3.69. The van der Waals surface area contributed by atoms with E-state index in [2.05, 4.69) is 15.3 Å². The van der Waals surface area contributed by atoms with Crippen LogP contribution in [0.4, 0.5) is 11.4 Å². The quantitative estimate of drug-likeness (QED) is 0.318. The van der Waals surface area contributed by atoms with E-state index in [-0.39, 0.29) is 18.7 Å². The van der Waals surface area contributed by atoms with Crippen LogP contribution in [0.2, 0.25) is 0 Å². The van der Waals surface area contributed by atoms with Crippen LogP contribution in [0.25, 0.3) is 21.8 Å². The van der Waals surface area contributed by atoms with E-state index in [1.807, 2.05) is 60.7 Å². The third-order valence-electron chi connectivity index (χ3n) is 6.85. The van der Waals surface area contributed by atoms with Crippen molar-refractivity contribution < 1.29 is 19.1 Å². The Bertz CT molecular complexity index is 1710. The van der Waals surface area contributed by atoms with Crippen molar-refractivity contribution in [1.29, 1.82) is 0 Å². The molecule has 6 rings (SSSR count). The minimum absolute atomic E-state index is 0.133. The van der Waals surface area contributed by atoms with E-state index in [1.165, 1.54) is 4.90 Å². The molecule has 0 aliphatic carbocycles. The molecular weight excluding hydrogens is 480 g/mol. The molecular formula is C30H24N4O4. The van der Waals surface area contributed by atoms with Crippen molar-refractivity contribution in [3.63, 3.8) is 0 Å². The van der Waals surface area contributed by atoms with Crippen LogP contribution in [-0.2, 0) is 19.9 Å². The second-order valence-corrected chi connectivity index (χ2v) is 9.12. The predicted molar refractivity (Wildman–Crippen MR) is 144 cm³/mol. The average molecular weight is 505 g/mol. The van der Waals surface area contributed by atoms with Gasteiger partial charge in [-0.25, -0.2) is 4.98 Å². The van der Waals surface area contributed by atoms with Gasteiger partial charge in [0.1, 0.15) is 5.69 Å². The van der Waals surface area contributed by atoms with Crippen LogP contribution < -0.4 is 10.2 Å². The first-order chi connectivity index (χ1) is 18.5. The summed E-state index contributed by atoms with van der Waals surface area (Å²) in [4.78, 5) is 50.0. The highest BCUT2D eigenvalue weighted by Gasteiger charge is 2.54. The Morgan fingerprint density at radius 1 is 0.947 bits per heavy atom. The number of nitrogens with zero attached hydrogens (tertiary/aromatic N) is 2. The van der Waals surface area contributed by atoms with Gasteiger partial charge in [-0.15, -0.1) is 0 Å². The lowest BCUT2D eigenvalue weighted by Crippen LogP contribution is -2.53. The Labute approximate surface area is 218 Å². The minimum Gasteiger partial charge on any atom is -0.466 e. The molecule has 0 fully saturated rings. The number of H-pyrrole nitrogens is 1. The number of nitrogens with one attached hydrogen (secondary N) is 2. The van der Waals surface area contributed by atoms with Gasteiger partial charge in [0.05, 0.1) is 30.4 Å². The molecule has 188 valence electrons. The molecule has 8 nitrogen and oxygen atoms in total. The number of esters is 1. The van der Waals surface area contributed by atoms with Crippen molar-refractivity contribution in [1.82, 2.24) is 15.3 Å². The van der Waals surface area contributed by atoms with Crippen LogP contribution in [0.5, 0.6) is 0 Å². The number of amides is 2. The van der Waals surface area contributed by atoms with Gasteiger partial charge in [-0.1, -0.05) is 54.6 Å². The van der Waals surface area contributed by atoms with Gasteiger partial charge in [-0.3, -0.25) is 19.3 Å². The highest BCUT2D eigenvalue weighted by Crippen LogP contribution is 2.46. The van der Waals surface area contributed by atoms with Crippen molar-refractivity contribution in [2.24, 2.45) is 0 Å². The lowest BCUT2D eigenvalue weighted by molar-refractivity contribution is -0.147. The SMILES string of the molecule is CCOC(=O)CC1(NC(=O)c2cc3c(cn2)[nH]c2ccccc23)C(=O)N(c2ccccc2)c2ccccc21. The van der Waals surface area contributed by atoms with Crippen LogP contribution in [0.3, 0.4) is 0 Å². The number of ether oxygens (including phenoxy) is 1. The molecule has 8 heteroatoms. The van der Waals surface area contributed by atoms with Crippen LogP contribution in [-0.4, -0.2) is 34.4 Å². The Morgan fingerprint density at radius 2 is 1.68 bits per heavy atom. The van der Waals surface area contributed by atoms with Gasteiger partial charge >= 0.3 is 5.97 Å². The van der Waals surface area contributed by atoms with Gasteiger partial charge in [0.15, 0.2) is 5.54 Å². The first kappa shape index (κ1) is 23.4. The summed E-state index contributed by atoms with van der Waals surface area (Å²) in [6.45, 7) is 1.85. The first-order valence-electron chi connectivity index (χ1n) is 12.4. The number of hydrogen-bond acceptors (Lipinski definition) is 5. The van der Waals surface area contributed by atoms with Crippen LogP contribution in [0, 0.1) is 0 Å². The minimum atomic E-state index is -1.67. The van der Waals surface area contributed by atoms with Gasteiger partial charge in [-0.05, 0) is 37.3 Å². The van der Waals surface area contributed by atoms with Crippen molar-refractivity contribution in [3.8, 4) is 0 Å². The van der Waals surface area contributed by atoms with E-state index in [4.69, 9.17) is 4.74 Å². The molecule has 0 spiro atoms. The van der Waals surface area contributed by atoms with Gasteiger partial charge in [-0.2, -0.15) is 0 Å². The topological polar surface area (TPSA) is 104 Å². The second-order valence-electron chi connectivity index (χ2n) is 9.12. The van der Waals surface area contributed by atoms with E-state index in [1.54, 1.807) is 37.4 Å². The molecule has 1 unspecified atom stereocenters. The summed E-state index contributed by atoms with van der Waals surface area (Å²) in [5.74, 6) is -1.61. The highest BCUT2D eigenvalue weighted by atomic mass is 16.5. The lowest BCUT2D eigenvalue weighted by Gasteiger charge is -2.29. The summed E-state index contributed by atoms with van der Waals surface area (Å²) in [6.07, 6.45) is 1.24. The number of pyridine rings is 1. The molecule has 1 aliphatic heterocycles. The maximum absolute atomic E-state index is 14.2. The average Bonchev–Trinajstić information content (AvgIpc) is 3.42. The fourth-order valence-corrected chi connectivity index (χ4v) is 5.17. The Morgan fingerprint density at radius 3 is 2.50 bits per heavy atom. The first-order valence-corrected chi connectivity index (χ1v) is 12.4. The van der Waals surface area contributed by atoms with E-state index in [9.17, 15) is 14.4 Å². The molecule has 2 amide bonds. The summed E-state index contributed by atoms with van der Waals surface area (Å²) < 4.78 is 5.24. The Hall–Kier alpha value is -4.98. The number of aromatic nitrogens is 2. The number of fused-ring (bicyclic) bond motifs is 4. The third-order valence-corrected chi connectivity index (χ3v) is 6.85. The fraction of sp³-hybridized carbons (Fsp3) is 0.133. The van der Waals surface area contributed by atoms with Crippen molar-refractivity contribution in [3.05, 3.63) is 102 Å². The molecule has 1 atom stereocenters. The standard InChI is InChI=1S/C30H24N4O4/c1-2-38-27(35)17-30(22-13-7-9-15-26(22)34(29(30)37)19-10-4-3-5-11-19)33-28(36)24-16-21-20-12-6-8-14-23(20)32-25(21)18-31-24/h3-16,18,32H,2,17H2,1H3,(H,33,36). The number of para-hydroxylation sites is 3. The summed E-state index contributed by atoms with van der Waals surface area (Å²) >= 11 is 0. The fourth-order valence-electron chi connectivity index (χ4n) is 5.17. The number of carbonyl (C=O) groups is 3. The summed E-state index contributed by atoms with van der Waals surface area (Å²) in [7, 11) is 0. The molecule has 0 radical (unpaired) electrons. The molecule has 3 aromatic carbocycles. The zero-order valence-electron chi connectivity index (χ0n) is 20.6. The molecule has 2 N–H and O–H groups in total. The lowest BCUT2D eigenvalue weighted by atomic mass is 9.87. The molecule has 0 saturated heterocycles. The molecule has 38 heavy (non-hydrogen) atoms. The molecule has 2 aromatic heterocycles. The number of hydrogen-bond donors (Lipinski definition) is 2. The monoisotopic (exact) mass is 504 g/mol. The second kappa shape index (κ2) is 9.15. The largest absolute Gasteiger partial charge is 0.466 e. The summed E-state index contributed by atoms with van der Waals surface area (Å²) in [5.41, 5.74) is 1.92. The van der Waals surface area contributed by atoms with E-state index >= 15 is 0 Å². The molecule has 1 aliphatic rings. The Balaban J connectivity index is 1.46. The van der Waals surface area contributed by atoms with Crippen LogP contribution in [0.15, 0.2) is 91.1 Å². The van der Waals surface area contributed by atoms with Crippen LogP contribution in [0.1, 0.15) is 29.4 Å². The van der Waals surface area contributed by atoms with E-state index in [0.717, 1.165) is 21.8 Å². The maximum atomic E-state index is 14.2. The van der Waals surface area contributed by atoms with Crippen molar-refractivity contribution in [2.75, 3.05) is 11.5 Å². The van der Waals surface area contributed by atoms with E-state index < -0.39 is 23.3 Å². The Kier molecular flexibility index (Phi) is 5.64.